The molecule has 3 aromatic heterocycles. The van der Waals surface area contributed by atoms with Gasteiger partial charge in [0.1, 0.15) is 11.0 Å². The Morgan fingerprint density at radius 2 is 1.55 bits per heavy atom. The van der Waals surface area contributed by atoms with Gasteiger partial charge in [0, 0.05) is 31.2 Å². The summed E-state index contributed by atoms with van der Waals surface area (Å²) in [7, 11) is 0. The summed E-state index contributed by atoms with van der Waals surface area (Å²) >= 11 is 5.04. The lowest BCUT2D eigenvalue weighted by atomic mass is 9.65. The molecule has 0 aliphatic heterocycles. The Kier molecular flexibility index (Phi) is 8.81. The second kappa shape index (κ2) is 12.1. The second-order valence-corrected chi connectivity index (χ2v) is 13.6. The van der Waals surface area contributed by atoms with Crippen molar-refractivity contribution in [3.05, 3.63) is 46.3 Å². The summed E-state index contributed by atoms with van der Waals surface area (Å²) in [6.07, 6.45) is 13.7. The molecule has 6 heteroatoms. The Balaban J connectivity index is 1.65. The molecule has 1 aromatic carbocycles. The van der Waals surface area contributed by atoms with Crippen molar-refractivity contribution < 1.29 is 4.79 Å². The average molecular weight is 565 g/mol. The first-order valence-electron chi connectivity index (χ1n) is 14.5. The smallest absolute Gasteiger partial charge is 0.152 e. The van der Waals surface area contributed by atoms with Gasteiger partial charge in [-0.25, -0.2) is 0 Å². The number of carbonyl (C=O) groups is 1. The summed E-state index contributed by atoms with van der Waals surface area (Å²) in [5, 5.41) is 2.32. The van der Waals surface area contributed by atoms with Gasteiger partial charge < -0.3 is 0 Å². The minimum absolute atomic E-state index is 0.0877. The van der Waals surface area contributed by atoms with Gasteiger partial charge in [-0.2, -0.15) is 8.75 Å². The van der Waals surface area contributed by atoms with Gasteiger partial charge in [-0.3, -0.25) is 4.79 Å². The van der Waals surface area contributed by atoms with E-state index in [0.717, 1.165) is 34.7 Å². The van der Waals surface area contributed by atoms with Crippen LogP contribution in [0, 0.1) is 11.8 Å². The highest BCUT2D eigenvalue weighted by atomic mass is 32.1. The Labute approximate surface area is 240 Å². The summed E-state index contributed by atoms with van der Waals surface area (Å²) in [4.78, 5) is 15.8. The third kappa shape index (κ3) is 4.93. The molecule has 2 unspecified atom stereocenters. The first kappa shape index (κ1) is 27.7. The number of aldehydes is 1. The van der Waals surface area contributed by atoms with Gasteiger partial charge in [-0.15, -0.1) is 22.7 Å². The molecular formula is C32H40N2OS3. The van der Waals surface area contributed by atoms with Gasteiger partial charge in [0.25, 0.3) is 0 Å². The molecule has 0 spiro atoms. The zero-order chi connectivity index (χ0) is 26.7. The van der Waals surface area contributed by atoms with Crippen LogP contribution in [0.1, 0.15) is 113 Å². The third-order valence-electron chi connectivity index (χ3n) is 8.83. The molecule has 0 fully saturated rings. The monoisotopic (exact) mass is 564 g/mol. The highest BCUT2D eigenvalue weighted by molar-refractivity contribution is 7.24. The lowest BCUT2D eigenvalue weighted by molar-refractivity contribution is 0.112. The summed E-state index contributed by atoms with van der Waals surface area (Å²) < 4.78 is 9.09. The highest BCUT2D eigenvalue weighted by Gasteiger charge is 2.47. The number of carbonyl (C=O) groups excluding carboxylic acids is 1. The first-order valence-corrected chi connectivity index (χ1v) is 17.0. The maximum absolute atomic E-state index is 11.6. The number of thiophene rings is 2. The quantitative estimate of drug-likeness (QED) is 0.143. The number of unbranched alkanes of at least 4 members (excludes halogenated alkanes) is 2. The summed E-state index contributed by atoms with van der Waals surface area (Å²) in [6.45, 7) is 9.43. The van der Waals surface area contributed by atoms with E-state index in [-0.39, 0.29) is 5.41 Å². The van der Waals surface area contributed by atoms with Crippen LogP contribution in [0.2, 0.25) is 0 Å². The van der Waals surface area contributed by atoms with Crippen LogP contribution < -0.4 is 0 Å². The van der Waals surface area contributed by atoms with Gasteiger partial charge in [0.05, 0.1) is 11.7 Å². The summed E-state index contributed by atoms with van der Waals surface area (Å²) in [5.74, 6) is 1.48. The molecule has 0 radical (unpaired) electrons. The predicted molar refractivity (Wildman–Crippen MR) is 166 cm³/mol. The number of nitrogens with zero attached hydrogens (tertiary/aromatic N) is 2. The molecule has 0 saturated heterocycles. The Morgan fingerprint density at radius 3 is 2.18 bits per heavy atom. The predicted octanol–water partition coefficient (Wildman–Crippen LogP) is 10.8. The molecule has 38 heavy (non-hydrogen) atoms. The van der Waals surface area contributed by atoms with Crippen molar-refractivity contribution in [1.82, 2.24) is 8.75 Å². The van der Waals surface area contributed by atoms with Crippen LogP contribution >= 0.6 is 34.4 Å². The normalized spacial score (nSPS) is 18.0. The van der Waals surface area contributed by atoms with Crippen LogP contribution in [0.25, 0.3) is 31.2 Å². The number of aromatic nitrogens is 2. The van der Waals surface area contributed by atoms with Crippen LogP contribution in [0.4, 0.5) is 0 Å². The van der Waals surface area contributed by atoms with E-state index in [2.05, 4.69) is 60.0 Å². The fraction of sp³-hybridized carbons (Fsp3) is 0.531. The molecule has 0 bridgehead atoms. The molecule has 3 nitrogen and oxygen atoms in total. The topological polar surface area (TPSA) is 42.9 Å². The third-order valence-corrected chi connectivity index (χ3v) is 11.6. The van der Waals surface area contributed by atoms with E-state index in [0.29, 0.717) is 5.56 Å². The van der Waals surface area contributed by atoms with Crippen molar-refractivity contribution in [2.24, 2.45) is 11.8 Å². The Morgan fingerprint density at radius 1 is 0.868 bits per heavy atom. The van der Waals surface area contributed by atoms with Crippen LogP contribution in [0.15, 0.2) is 29.6 Å². The molecule has 4 aromatic rings. The average Bonchev–Trinajstić information content (AvgIpc) is 3.73. The van der Waals surface area contributed by atoms with Crippen molar-refractivity contribution in [1.29, 1.82) is 0 Å². The van der Waals surface area contributed by atoms with Gasteiger partial charge in [0.15, 0.2) is 6.29 Å². The minimum atomic E-state index is 0.0877. The van der Waals surface area contributed by atoms with Crippen LogP contribution in [-0.4, -0.2) is 15.0 Å². The summed E-state index contributed by atoms with van der Waals surface area (Å²) in [6, 6.07) is 8.95. The SMILES string of the molecule is CCCCC(CC)CC1(CC(CC)CCCC)c2ccsc2-c2sc(-c3ccc(C=O)c4nsnc34)cc21. The molecular weight excluding hydrogens is 525 g/mol. The van der Waals surface area contributed by atoms with Crippen LogP contribution in [-0.2, 0) is 5.41 Å². The van der Waals surface area contributed by atoms with E-state index >= 15 is 0 Å². The summed E-state index contributed by atoms with van der Waals surface area (Å²) in [5.41, 5.74) is 6.57. The number of benzene rings is 1. The zero-order valence-corrected chi connectivity index (χ0v) is 25.7. The fourth-order valence-corrected chi connectivity index (χ4v) is 9.67. The number of hydrogen-bond donors (Lipinski definition) is 0. The van der Waals surface area contributed by atoms with Crippen molar-refractivity contribution in [2.45, 2.75) is 97.3 Å². The molecule has 202 valence electrons. The van der Waals surface area contributed by atoms with Gasteiger partial charge >= 0.3 is 0 Å². The Bertz CT molecular complexity index is 1360. The molecule has 0 amide bonds. The maximum Gasteiger partial charge on any atom is 0.152 e. The number of hydrogen-bond acceptors (Lipinski definition) is 6. The van der Waals surface area contributed by atoms with E-state index in [9.17, 15) is 4.79 Å². The van der Waals surface area contributed by atoms with E-state index < -0.39 is 0 Å². The van der Waals surface area contributed by atoms with Crippen LogP contribution in [0.3, 0.4) is 0 Å². The largest absolute Gasteiger partial charge is 0.298 e. The molecule has 1 aliphatic carbocycles. The first-order chi connectivity index (χ1) is 18.6. The van der Waals surface area contributed by atoms with E-state index in [1.807, 2.05) is 28.7 Å². The molecule has 0 saturated carbocycles. The van der Waals surface area contributed by atoms with Crippen molar-refractivity contribution in [2.75, 3.05) is 0 Å². The zero-order valence-electron chi connectivity index (χ0n) is 23.2. The molecule has 1 aliphatic rings. The fourth-order valence-electron chi connectivity index (χ4n) is 6.63. The van der Waals surface area contributed by atoms with Gasteiger partial charge in [-0.05, 0) is 59.4 Å². The standard InChI is InChI=1S/C32H40N2OS3/c1-5-9-11-21(7-3)18-32(19-22(8-4)12-10-6-2)25-15-16-36-30(25)31-26(32)17-27(37-31)24-14-13-23(20-35)28-29(24)34-38-33-28/h13-17,20-22H,5-12,18-19H2,1-4H3. The van der Waals surface area contributed by atoms with Gasteiger partial charge in [-0.1, -0.05) is 85.1 Å². The van der Waals surface area contributed by atoms with Crippen molar-refractivity contribution in [3.8, 4) is 20.2 Å². The van der Waals surface area contributed by atoms with E-state index in [4.69, 9.17) is 0 Å². The second-order valence-electron chi connectivity index (χ2n) is 11.1. The molecule has 2 atom stereocenters. The minimum Gasteiger partial charge on any atom is -0.298 e. The molecule has 0 N–H and O–H groups in total. The maximum atomic E-state index is 11.6. The number of fused-ring (bicyclic) bond motifs is 4. The lowest BCUT2D eigenvalue weighted by Gasteiger charge is -2.37. The van der Waals surface area contributed by atoms with Crippen molar-refractivity contribution in [3.63, 3.8) is 0 Å². The van der Waals surface area contributed by atoms with E-state index in [1.165, 1.54) is 90.6 Å². The number of rotatable bonds is 14. The van der Waals surface area contributed by atoms with E-state index in [1.54, 1.807) is 11.1 Å². The molecule has 5 rings (SSSR count). The molecule has 3 heterocycles. The highest BCUT2D eigenvalue weighted by Crippen LogP contribution is 2.61. The van der Waals surface area contributed by atoms with Crippen molar-refractivity contribution >= 4 is 51.7 Å². The lowest BCUT2D eigenvalue weighted by Crippen LogP contribution is -2.31. The Hall–Kier alpha value is -1.89. The van der Waals surface area contributed by atoms with Crippen LogP contribution in [0.5, 0.6) is 0 Å². The van der Waals surface area contributed by atoms with Gasteiger partial charge in [0.2, 0.25) is 0 Å².